The Morgan fingerprint density at radius 1 is 1.07 bits per heavy atom. The molecule has 2 aromatic carbocycles. The maximum Gasteiger partial charge on any atom is 0.374 e. The average Bonchev–Trinajstić information content (AvgIpc) is 3.31. The van der Waals surface area contributed by atoms with E-state index < -0.39 is 16.0 Å². The van der Waals surface area contributed by atoms with E-state index in [1.165, 1.54) is 19.2 Å². The van der Waals surface area contributed by atoms with Crippen LogP contribution in [0.2, 0.25) is 0 Å². The lowest BCUT2D eigenvalue weighted by Gasteiger charge is -2.07. The third kappa shape index (κ3) is 2.91. The van der Waals surface area contributed by atoms with Crippen LogP contribution in [-0.4, -0.2) is 26.1 Å². The zero-order valence-corrected chi connectivity index (χ0v) is 16.1. The summed E-state index contributed by atoms with van der Waals surface area (Å²) in [6, 6.07) is 15.9. The maximum atomic E-state index is 12.6. The van der Waals surface area contributed by atoms with Crippen molar-refractivity contribution in [3.8, 4) is 0 Å². The molecule has 2 aromatic heterocycles. The minimum Gasteiger partial charge on any atom is -0.463 e. The summed E-state index contributed by atoms with van der Waals surface area (Å²) in [7, 11) is -2.79. The Morgan fingerprint density at radius 3 is 2.57 bits per heavy atom. The van der Waals surface area contributed by atoms with E-state index in [1.807, 2.05) is 30.3 Å². The van der Waals surface area contributed by atoms with Crippen LogP contribution in [0.3, 0.4) is 0 Å². The van der Waals surface area contributed by atoms with Crippen molar-refractivity contribution in [1.29, 1.82) is 0 Å². The lowest BCUT2D eigenvalue weighted by atomic mass is 10.1. The van der Waals surface area contributed by atoms with Crippen LogP contribution in [0.1, 0.15) is 17.5 Å². The first-order valence-corrected chi connectivity index (χ1v) is 10.1. The molecule has 0 aliphatic carbocycles. The fourth-order valence-corrected chi connectivity index (χ4v) is 4.32. The summed E-state index contributed by atoms with van der Waals surface area (Å²) in [6.45, 7) is 2.87. The molecule has 0 spiro atoms. The van der Waals surface area contributed by atoms with Crippen LogP contribution in [-0.2, 0) is 21.3 Å². The van der Waals surface area contributed by atoms with Gasteiger partial charge in [-0.25, -0.2) is 4.79 Å². The van der Waals surface area contributed by atoms with E-state index in [4.69, 9.17) is 4.42 Å². The van der Waals surface area contributed by atoms with E-state index in [-0.39, 0.29) is 10.9 Å². The van der Waals surface area contributed by atoms with Gasteiger partial charge in [0.05, 0.1) is 7.11 Å². The molecule has 144 valence electrons. The molecule has 0 fully saturated rings. The number of carbonyl (C=O) groups excluding carboxylic acids is 1. The van der Waals surface area contributed by atoms with Gasteiger partial charge in [0.2, 0.25) is 10.9 Å². The summed E-state index contributed by atoms with van der Waals surface area (Å²) in [4.78, 5) is 11.5. The first-order valence-electron chi connectivity index (χ1n) is 8.66. The fourth-order valence-electron chi connectivity index (χ4n) is 3.34. The van der Waals surface area contributed by atoms with Crippen LogP contribution in [0.5, 0.6) is 0 Å². The molecule has 1 N–H and O–H groups in total. The minimum absolute atomic E-state index is 0.177. The minimum atomic E-state index is -3.99. The van der Waals surface area contributed by atoms with E-state index >= 15 is 0 Å². The summed E-state index contributed by atoms with van der Waals surface area (Å²) >= 11 is 0. The standard InChI is InChI=1S/C20H18N2O5S/c1-3-22-16-7-5-4-6-14(16)15-12-13(8-9-17(15)22)21-28(24,25)19-11-10-18(27-19)20(23)26-2/h4-12,21H,3H2,1-2H3. The molecule has 28 heavy (non-hydrogen) atoms. The van der Waals surface area contributed by atoms with Crippen molar-refractivity contribution in [1.82, 2.24) is 4.57 Å². The number of benzene rings is 2. The number of esters is 1. The number of carbonyl (C=O) groups is 1. The predicted octanol–water partition coefficient (Wildman–Crippen LogP) is 3.99. The first-order chi connectivity index (χ1) is 13.4. The highest BCUT2D eigenvalue weighted by molar-refractivity contribution is 7.92. The molecule has 8 heteroatoms. The fraction of sp³-hybridized carbons (Fsp3) is 0.150. The second kappa shape index (κ2) is 6.72. The smallest absolute Gasteiger partial charge is 0.374 e. The van der Waals surface area contributed by atoms with Crippen molar-refractivity contribution in [3.63, 3.8) is 0 Å². The van der Waals surface area contributed by atoms with Crippen LogP contribution < -0.4 is 4.72 Å². The van der Waals surface area contributed by atoms with Gasteiger partial charge in [-0.3, -0.25) is 4.72 Å². The van der Waals surface area contributed by atoms with Crippen LogP contribution in [0.4, 0.5) is 5.69 Å². The number of ether oxygens (including phenoxy) is 1. The van der Waals surface area contributed by atoms with Crippen molar-refractivity contribution in [2.24, 2.45) is 0 Å². The van der Waals surface area contributed by atoms with E-state index in [0.717, 1.165) is 28.4 Å². The number of sulfonamides is 1. The highest BCUT2D eigenvalue weighted by Gasteiger charge is 2.22. The number of para-hydroxylation sites is 1. The Kier molecular flexibility index (Phi) is 4.35. The Morgan fingerprint density at radius 2 is 1.82 bits per heavy atom. The molecule has 4 rings (SSSR count). The quantitative estimate of drug-likeness (QED) is 0.513. The van der Waals surface area contributed by atoms with Gasteiger partial charge in [0.15, 0.2) is 0 Å². The molecule has 0 bridgehead atoms. The van der Waals surface area contributed by atoms with Crippen molar-refractivity contribution in [3.05, 3.63) is 60.4 Å². The first kappa shape index (κ1) is 18.1. The number of fused-ring (bicyclic) bond motifs is 3. The monoisotopic (exact) mass is 398 g/mol. The van der Waals surface area contributed by atoms with Crippen molar-refractivity contribution < 1.29 is 22.4 Å². The average molecular weight is 398 g/mol. The zero-order chi connectivity index (χ0) is 19.9. The Balaban J connectivity index is 1.74. The van der Waals surface area contributed by atoms with E-state index in [2.05, 4.69) is 20.9 Å². The predicted molar refractivity (Wildman–Crippen MR) is 106 cm³/mol. The van der Waals surface area contributed by atoms with Gasteiger partial charge >= 0.3 is 5.97 Å². The molecule has 4 aromatic rings. The van der Waals surface area contributed by atoms with Crippen LogP contribution in [0, 0.1) is 0 Å². The van der Waals surface area contributed by atoms with Gasteiger partial charge < -0.3 is 13.7 Å². The lowest BCUT2D eigenvalue weighted by molar-refractivity contribution is 0.0559. The summed E-state index contributed by atoms with van der Waals surface area (Å²) in [5.74, 6) is -0.917. The molecule has 7 nitrogen and oxygen atoms in total. The molecule has 0 saturated carbocycles. The number of methoxy groups -OCH3 is 1. The number of anilines is 1. The second-order valence-electron chi connectivity index (χ2n) is 6.21. The molecule has 0 unspecified atom stereocenters. The molecular weight excluding hydrogens is 380 g/mol. The SMILES string of the molecule is CCn1c2ccccc2c2cc(NS(=O)(=O)c3ccc(C(=O)OC)o3)ccc21. The molecule has 0 aliphatic heterocycles. The second-order valence-corrected chi connectivity index (χ2v) is 7.82. The summed E-state index contributed by atoms with van der Waals surface area (Å²) < 4.78 is 39.6. The normalized spacial score (nSPS) is 11.8. The highest BCUT2D eigenvalue weighted by Crippen LogP contribution is 2.31. The van der Waals surface area contributed by atoms with Crippen molar-refractivity contribution in [2.45, 2.75) is 18.6 Å². The highest BCUT2D eigenvalue weighted by atomic mass is 32.2. The molecule has 0 atom stereocenters. The van der Waals surface area contributed by atoms with Gasteiger partial charge in [0.1, 0.15) is 0 Å². The van der Waals surface area contributed by atoms with E-state index in [1.54, 1.807) is 12.1 Å². The maximum absolute atomic E-state index is 12.6. The number of furan rings is 1. The van der Waals surface area contributed by atoms with Crippen molar-refractivity contribution in [2.75, 3.05) is 11.8 Å². The number of hydrogen-bond donors (Lipinski definition) is 1. The zero-order valence-electron chi connectivity index (χ0n) is 15.3. The van der Waals surface area contributed by atoms with Crippen molar-refractivity contribution >= 4 is 43.5 Å². The summed E-state index contributed by atoms with van der Waals surface area (Å²) in [5.41, 5.74) is 2.52. The molecule has 0 radical (unpaired) electrons. The number of rotatable bonds is 5. The Hall–Kier alpha value is -3.26. The largest absolute Gasteiger partial charge is 0.463 e. The van der Waals surface area contributed by atoms with Gasteiger partial charge in [-0.1, -0.05) is 18.2 Å². The lowest BCUT2D eigenvalue weighted by Crippen LogP contribution is -2.12. The van der Waals surface area contributed by atoms with Gasteiger partial charge in [-0.15, -0.1) is 0 Å². The number of aryl methyl sites for hydroxylation is 1. The summed E-state index contributed by atoms with van der Waals surface area (Å²) in [6.07, 6.45) is 0. The van der Waals surface area contributed by atoms with Gasteiger partial charge in [-0.2, -0.15) is 8.42 Å². The number of nitrogens with one attached hydrogen (secondary N) is 1. The molecule has 2 heterocycles. The van der Waals surface area contributed by atoms with Crippen LogP contribution in [0.15, 0.2) is 64.1 Å². The molecule has 0 amide bonds. The van der Waals surface area contributed by atoms with Crippen LogP contribution in [0.25, 0.3) is 21.8 Å². The van der Waals surface area contributed by atoms with E-state index in [0.29, 0.717) is 5.69 Å². The van der Waals surface area contributed by atoms with E-state index in [9.17, 15) is 13.2 Å². The number of aromatic nitrogens is 1. The summed E-state index contributed by atoms with van der Waals surface area (Å²) in [5, 5.41) is 1.64. The molecular formula is C20H18N2O5S. The van der Waals surface area contributed by atoms with Gasteiger partial charge in [0, 0.05) is 34.0 Å². The topological polar surface area (TPSA) is 90.5 Å². The van der Waals surface area contributed by atoms with Gasteiger partial charge in [0.25, 0.3) is 10.0 Å². The number of hydrogen-bond acceptors (Lipinski definition) is 5. The Bertz CT molecular complexity index is 1300. The molecule has 0 saturated heterocycles. The third-order valence-electron chi connectivity index (χ3n) is 4.57. The molecule has 0 aliphatic rings. The van der Waals surface area contributed by atoms with Crippen LogP contribution >= 0.6 is 0 Å². The number of nitrogens with zero attached hydrogens (tertiary/aromatic N) is 1. The Labute approximate surface area is 161 Å². The third-order valence-corrected chi connectivity index (χ3v) is 5.83. The van der Waals surface area contributed by atoms with Gasteiger partial charge in [-0.05, 0) is 43.3 Å².